The number of amides is 1. The third-order valence-electron chi connectivity index (χ3n) is 6.95. The van der Waals surface area contributed by atoms with E-state index in [1.54, 1.807) is 19.4 Å². The molecule has 0 radical (unpaired) electrons. The summed E-state index contributed by atoms with van der Waals surface area (Å²) < 4.78 is 6.15. The minimum Gasteiger partial charge on any atom is -0.491 e. The second-order valence-corrected chi connectivity index (χ2v) is 9.63. The summed E-state index contributed by atoms with van der Waals surface area (Å²) in [6.07, 6.45) is 7.09. The van der Waals surface area contributed by atoms with Crippen molar-refractivity contribution in [2.24, 2.45) is 11.8 Å². The minimum atomic E-state index is -0.439. The Bertz CT molecular complexity index is 1220. The second kappa shape index (κ2) is 10.0. The Balaban J connectivity index is 1.55. The van der Waals surface area contributed by atoms with Crippen molar-refractivity contribution in [1.82, 2.24) is 14.9 Å². The van der Waals surface area contributed by atoms with Gasteiger partial charge in [-0.15, -0.1) is 0 Å². The molecule has 182 valence electrons. The average Bonchev–Trinajstić information content (AvgIpc) is 3.63. The number of ether oxygens (including phenoxy) is 1. The average molecular weight is 474 g/mol. The number of carbonyl (C=O) groups excluding carboxylic acids is 2. The molecule has 1 atom stereocenters. The monoisotopic (exact) mass is 473 g/mol. The maximum absolute atomic E-state index is 13.5. The van der Waals surface area contributed by atoms with E-state index in [0.717, 1.165) is 28.1 Å². The summed E-state index contributed by atoms with van der Waals surface area (Å²) in [7, 11) is 1.67. The molecule has 1 unspecified atom stereocenters. The molecule has 5 rings (SSSR count). The van der Waals surface area contributed by atoms with E-state index in [1.165, 1.54) is 17.7 Å². The molecule has 2 aliphatic rings. The van der Waals surface area contributed by atoms with E-state index in [0.29, 0.717) is 36.7 Å². The maximum Gasteiger partial charge on any atom is 0.226 e. The molecule has 1 saturated carbocycles. The van der Waals surface area contributed by atoms with Gasteiger partial charge in [0.15, 0.2) is 5.78 Å². The zero-order chi connectivity index (χ0) is 24.4. The first-order chi connectivity index (χ1) is 17.0. The van der Waals surface area contributed by atoms with Crippen molar-refractivity contribution in [2.75, 3.05) is 26.8 Å². The molecular formula is C28H31N3O4. The number of aromatic amines is 1. The van der Waals surface area contributed by atoms with Gasteiger partial charge in [0, 0.05) is 55.9 Å². The van der Waals surface area contributed by atoms with Crippen molar-refractivity contribution in [3.63, 3.8) is 0 Å². The number of pyridine rings is 1. The first-order valence-electron chi connectivity index (χ1n) is 12.3. The van der Waals surface area contributed by atoms with Crippen LogP contribution in [0, 0.1) is 11.8 Å². The molecule has 1 aromatic carbocycles. The first kappa shape index (κ1) is 23.3. The SMILES string of the molecule is CN(CCO)C(=O)C1CC(=O)c2c([nH]c(-c3ccncc3OCC3CC3)c2Cc2ccccc2)C1. The first-order valence-corrected chi connectivity index (χ1v) is 12.3. The van der Waals surface area contributed by atoms with Crippen LogP contribution >= 0.6 is 0 Å². The van der Waals surface area contributed by atoms with Crippen LogP contribution in [0.25, 0.3) is 11.3 Å². The summed E-state index contributed by atoms with van der Waals surface area (Å²) in [6, 6.07) is 12.0. The summed E-state index contributed by atoms with van der Waals surface area (Å²) >= 11 is 0. The Labute approximate surface area is 205 Å². The van der Waals surface area contributed by atoms with Crippen LogP contribution in [0.4, 0.5) is 0 Å². The van der Waals surface area contributed by atoms with Crippen LogP contribution in [0.15, 0.2) is 48.8 Å². The molecular weight excluding hydrogens is 442 g/mol. The highest BCUT2D eigenvalue weighted by atomic mass is 16.5. The Morgan fingerprint density at radius 1 is 1.20 bits per heavy atom. The van der Waals surface area contributed by atoms with Crippen LogP contribution in [0.2, 0.25) is 0 Å². The van der Waals surface area contributed by atoms with Crippen molar-refractivity contribution in [2.45, 2.75) is 32.1 Å². The van der Waals surface area contributed by atoms with Crippen molar-refractivity contribution in [3.8, 4) is 17.0 Å². The van der Waals surface area contributed by atoms with Gasteiger partial charge in [-0.2, -0.15) is 0 Å². The topological polar surface area (TPSA) is 95.5 Å². The maximum atomic E-state index is 13.5. The van der Waals surface area contributed by atoms with Gasteiger partial charge in [0.2, 0.25) is 5.91 Å². The molecule has 1 amide bonds. The molecule has 0 saturated heterocycles. The highest BCUT2D eigenvalue weighted by Crippen LogP contribution is 2.40. The standard InChI is InChI=1S/C28H31N3O4/c1-31(11-12-32)28(34)20-14-23-26(24(33)15-20)22(13-18-5-3-2-4-6-18)27(30-23)21-9-10-29-16-25(21)35-17-19-7-8-19/h2-6,9-10,16,19-20,30,32H,7-8,11-15,17H2,1H3. The third kappa shape index (κ3) is 5.00. The lowest BCUT2D eigenvalue weighted by atomic mass is 9.83. The normalized spacial score (nSPS) is 17.2. The van der Waals surface area contributed by atoms with Crippen LogP contribution in [-0.2, 0) is 17.6 Å². The molecule has 1 fully saturated rings. The van der Waals surface area contributed by atoms with E-state index in [1.807, 2.05) is 24.3 Å². The van der Waals surface area contributed by atoms with Crippen molar-refractivity contribution in [3.05, 3.63) is 71.2 Å². The van der Waals surface area contributed by atoms with Crippen LogP contribution in [0.3, 0.4) is 0 Å². The number of aliphatic hydroxyl groups is 1. The number of fused-ring (bicyclic) bond motifs is 1. The highest BCUT2D eigenvalue weighted by Gasteiger charge is 2.36. The van der Waals surface area contributed by atoms with Crippen LogP contribution < -0.4 is 4.74 Å². The zero-order valence-corrected chi connectivity index (χ0v) is 20.0. The number of aliphatic hydroxyl groups excluding tert-OH is 1. The van der Waals surface area contributed by atoms with Crippen molar-refractivity contribution < 1.29 is 19.4 Å². The fraction of sp³-hybridized carbons (Fsp3) is 0.393. The molecule has 7 heteroatoms. The van der Waals surface area contributed by atoms with Gasteiger partial charge < -0.3 is 19.7 Å². The summed E-state index contributed by atoms with van der Waals surface area (Å²) in [4.78, 5) is 35.7. The fourth-order valence-corrected chi connectivity index (χ4v) is 4.88. The number of H-pyrrole nitrogens is 1. The number of hydrogen-bond acceptors (Lipinski definition) is 5. The number of rotatable bonds is 9. The molecule has 35 heavy (non-hydrogen) atoms. The Morgan fingerprint density at radius 2 is 2.00 bits per heavy atom. The molecule has 2 heterocycles. The van der Waals surface area contributed by atoms with Crippen LogP contribution in [0.1, 0.15) is 46.4 Å². The van der Waals surface area contributed by atoms with E-state index >= 15 is 0 Å². The predicted octanol–water partition coefficient (Wildman–Crippen LogP) is 3.65. The lowest BCUT2D eigenvalue weighted by Gasteiger charge is -2.26. The molecule has 3 aromatic rings. The van der Waals surface area contributed by atoms with E-state index in [-0.39, 0.29) is 31.3 Å². The van der Waals surface area contributed by atoms with E-state index in [2.05, 4.69) is 22.1 Å². The summed E-state index contributed by atoms with van der Waals surface area (Å²) in [5.41, 5.74) is 5.28. The number of hydrogen-bond donors (Lipinski definition) is 2. The highest BCUT2D eigenvalue weighted by molar-refractivity contribution is 6.04. The molecule has 0 bridgehead atoms. The quantitative estimate of drug-likeness (QED) is 0.495. The lowest BCUT2D eigenvalue weighted by molar-refractivity contribution is -0.134. The summed E-state index contributed by atoms with van der Waals surface area (Å²) in [6.45, 7) is 0.817. The molecule has 0 spiro atoms. The molecule has 2 aliphatic carbocycles. The lowest BCUT2D eigenvalue weighted by Crippen LogP contribution is -2.38. The Hall–Kier alpha value is -3.45. The number of nitrogens with zero attached hydrogens (tertiary/aromatic N) is 2. The smallest absolute Gasteiger partial charge is 0.226 e. The molecule has 7 nitrogen and oxygen atoms in total. The fourth-order valence-electron chi connectivity index (χ4n) is 4.88. The van der Waals surface area contributed by atoms with E-state index in [4.69, 9.17) is 4.74 Å². The van der Waals surface area contributed by atoms with Crippen molar-refractivity contribution in [1.29, 1.82) is 0 Å². The Kier molecular flexibility index (Phi) is 6.68. The number of aromatic nitrogens is 2. The molecule has 2 aromatic heterocycles. The van der Waals surface area contributed by atoms with E-state index < -0.39 is 5.92 Å². The molecule has 2 N–H and O–H groups in total. The largest absolute Gasteiger partial charge is 0.491 e. The number of ketones is 1. The van der Waals surface area contributed by atoms with Gasteiger partial charge >= 0.3 is 0 Å². The predicted molar refractivity (Wildman–Crippen MR) is 132 cm³/mol. The van der Waals surface area contributed by atoms with Crippen LogP contribution in [-0.4, -0.2) is 58.5 Å². The van der Waals surface area contributed by atoms with E-state index in [9.17, 15) is 14.7 Å². The zero-order valence-electron chi connectivity index (χ0n) is 20.0. The Morgan fingerprint density at radius 3 is 2.74 bits per heavy atom. The van der Waals surface area contributed by atoms with Gasteiger partial charge in [0.1, 0.15) is 5.75 Å². The number of nitrogens with one attached hydrogen (secondary N) is 1. The third-order valence-corrected chi connectivity index (χ3v) is 6.95. The number of likely N-dealkylation sites (N-methyl/N-ethyl adjacent to an activating group) is 1. The minimum absolute atomic E-state index is 0.0232. The second-order valence-electron chi connectivity index (χ2n) is 9.63. The van der Waals surface area contributed by atoms with Gasteiger partial charge in [-0.05, 0) is 36.0 Å². The van der Waals surface area contributed by atoms with Crippen molar-refractivity contribution >= 4 is 11.7 Å². The van der Waals surface area contributed by atoms with Gasteiger partial charge in [0.25, 0.3) is 0 Å². The van der Waals surface area contributed by atoms with Crippen LogP contribution in [0.5, 0.6) is 5.75 Å². The van der Waals surface area contributed by atoms with Gasteiger partial charge in [-0.3, -0.25) is 14.6 Å². The van der Waals surface area contributed by atoms with Gasteiger partial charge in [-0.25, -0.2) is 0 Å². The number of benzene rings is 1. The summed E-state index contributed by atoms with van der Waals surface area (Å²) in [5.74, 6) is 0.731. The van der Waals surface area contributed by atoms with Gasteiger partial charge in [-0.1, -0.05) is 30.3 Å². The summed E-state index contributed by atoms with van der Waals surface area (Å²) in [5, 5.41) is 9.22. The molecule has 0 aliphatic heterocycles. The van der Waals surface area contributed by atoms with Gasteiger partial charge in [0.05, 0.1) is 31.0 Å². The number of carbonyl (C=O) groups is 2. The number of Topliss-reactive ketones (excluding diaryl/α,β-unsaturated/α-hetero) is 1.